The second kappa shape index (κ2) is 8.30. The van der Waals surface area contributed by atoms with Crippen LogP contribution >= 0.6 is 0 Å². The summed E-state index contributed by atoms with van der Waals surface area (Å²) in [4.78, 5) is 46.3. The van der Waals surface area contributed by atoms with E-state index >= 15 is 0 Å². The van der Waals surface area contributed by atoms with Crippen molar-refractivity contribution in [3.8, 4) is 11.3 Å². The van der Waals surface area contributed by atoms with Crippen LogP contribution in [0.25, 0.3) is 11.3 Å². The van der Waals surface area contributed by atoms with Crippen LogP contribution in [-0.4, -0.2) is 44.8 Å². The summed E-state index contributed by atoms with van der Waals surface area (Å²) in [6.45, 7) is 1.93. The van der Waals surface area contributed by atoms with Gasteiger partial charge in [0, 0.05) is 13.0 Å². The van der Waals surface area contributed by atoms with E-state index in [9.17, 15) is 14.4 Å². The fraction of sp³-hybridized carbons (Fsp3) is 0.455. The lowest BCUT2D eigenvalue weighted by atomic mass is 9.82. The highest BCUT2D eigenvalue weighted by Gasteiger charge is 2.51. The van der Waals surface area contributed by atoms with Gasteiger partial charge in [0.2, 0.25) is 5.91 Å². The van der Waals surface area contributed by atoms with E-state index in [0.717, 1.165) is 30.5 Å². The zero-order valence-corrected chi connectivity index (χ0v) is 17.1. The van der Waals surface area contributed by atoms with Gasteiger partial charge in [0.15, 0.2) is 0 Å². The van der Waals surface area contributed by atoms with Crippen molar-refractivity contribution < 1.29 is 14.4 Å². The minimum Gasteiger partial charge on any atom is -0.346 e. The molecule has 1 aromatic carbocycles. The Morgan fingerprint density at radius 2 is 1.93 bits per heavy atom. The first-order chi connectivity index (χ1) is 14.5. The Bertz CT molecular complexity index is 933. The SMILES string of the molecule is CC(NC(=O)CCN1C(=O)NC2(CCCCC2)C1=O)c1ncc(-c2ccccc2)[nH]1. The van der Waals surface area contributed by atoms with Crippen molar-refractivity contribution in [2.24, 2.45) is 0 Å². The summed E-state index contributed by atoms with van der Waals surface area (Å²) in [6.07, 6.45) is 6.12. The van der Waals surface area contributed by atoms with Gasteiger partial charge < -0.3 is 15.6 Å². The number of aromatic amines is 1. The van der Waals surface area contributed by atoms with Gasteiger partial charge >= 0.3 is 6.03 Å². The number of nitrogens with one attached hydrogen (secondary N) is 3. The number of hydrogen-bond donors (Lipinski definition) is 3. The Balaban J connectivity index is 1.31. The van der Waals surface area contributed by atoms with Crippen molar-refractivity contribution >= 4 is 17.8 Å². The maximum absolute atomic E-state index is 12.8. The third kappa shape index (κ3) is 3.94. The first-order valence-electron chi connectivity index (χ1n) is 10.5. The number of imidazole rings is 1. The maximum atomic E-state index is 12.8. The summed E-state index contributed by atoms with van der Waals surface area (Å²) >= 11 is 0. The van der Waals surface area contributed by atoms with Crippen LogP contribution in [0.2, 0.25) is 0 Å². The van der Waals surface area contributed by atoms with Crippen LogP contribution in [0.1, 0.15) is 57.3 Å². The molecule has 0 radical (unpaired) electrons. The minimum atomic E-state index is -0.749. The molecule has 2 fully saturated rings. The van der Waals surface area contributed by atoms with E-state index in [4.69, 9.17) is 0 Å². The molecule has 2 heterocycles. The molecule has 4 amide bonds. The van der Waals surface area contributed by atoms with Gasteiger partial charge in [0.05, 0.1) is 17.9 Å². The van der Waals surface area contributed by atoms with Crippen molar-refractivity contribution in [1.82, 2.24) is 25.5 Å². The highest BCUT2D eigenvalue weighted by atomic mass is 16.2. The molecule has 8 heteroatoms. The molecule has 1 spiro atoms. The molecule has 1 unspecified atom stereocenters. The lowest BCUT2D eigenvalue weighted by Gasteiger charge is -2.30. The summed E-state index contributed by atoms with van der Waals surface area (Å²) in [6, 6.07) is 9.12. The fourth-order valence-electron chi connectivity index (χ4n) is 4.29. The predicted octanol–water partition coefficient (Wildman–Crippen LogP) is 2.90. The van der Waals surface area contributed by atoms with E-state index < -0.39 is 5.54 Å². The number of imide groups is 1. The zero-order chi connectivity index (χ0) is 21.1. The standard InChI is InChI=1S/C22H27N5O3/c1-15(19-23-14-17(25-19)16-8-4-2-5-9-16)24-18(28)10-13-27-20(29)22(26-21(27)30)11-6-3-7-12-22/h2,4-5,8-9,14-15H,3,6-7,10-13H2,1H3,(H,23,25)(H,24,28)(H,26,30). The topological polar surface area (TPSA) is 107 Å². The Morgan fingerprint density at radius 3 is 2.67 bits per heavy atom. The molecule has 1 saturated carbocycles. The van der Waals surface area contributed by atoms with Gasteiger partial charge in [0.1, 0.15) is 11.4 Å². The Hall–Kier alpha value is -3.16. The highest BCUT2D eigenvalue weighted by Crippen LogP contribution is 2.33. The molecule has 0 bridgehead atoms. The number of amides is 4. The lowest BCUT2D eigenvalue weighted by molar-refractivity contribution is -0.132. The van der Waals surface area contributed by atoms with Gasteiger partial charge in [-0.15, -0.1) is 0 Å². The number of rotatable bonds is 6. The van der Waals surface area contributed by atoms with Crippen LogP contribution in [0.15, 0.2) is 36.5 Å². The van der Waals surface area contributed by atoms with Crippen molar-refractivity contribution in [1.29, 1.82) is 0 Å². The molecular weight excluding hydrogens is 382 g/mol. The lowest BCUT2D eigenvalue weighted by Crippen LogP contribution is -2.48. The summed E-state index contributed by atoms with van der Waals surface area (Å²) in [5.74, 6) is 0.232. The second-order valence-electron chi connectivity index (χ2n) is 8.12. The summed E-state index contributed by atoms with van der Waals surface area (Å²) < 4.78 is 0. The molecule has 1 aliphatic heterocycles. The Kier molecular flexibility index (Phi) is 5.57. The molecule has 2 aliphatic rings. The monoisotopic (exact) mass is 409 g/mol. The number of H-pyrrole nitrogens is 1. The van der Waals surface area contributed by atoms with Crippen LogP contribution < -0.4 is 10.6 Å². The Morgan fingerprint density at radius 1 is 1.20 bits per heavy atom. The van der Waals surface area contributed by atoms with Gasteiger partial charge in [-0.05, 0) is 25.3 Å². The summed E-state index contributed by atoms with van der Waals surface area (Å²) in [5.41, 5.74) is 1.15. The van der Waals surface area contributed by atoms with Gasteiger partial charge in [0.25, 0.3) is 5.91 Å². The summed E-state index contributed by atoms with van der Waals surface area (Å²) in [5, 5.41) is 5.75. The first kappa shape index (κ1) is 20.1. The molecule has 1 aliphatic carbocycles. The molecule has 158 valence electrons. The summed E-state index contributed by atoms with van der Waals surface area (Å²) in [7, 11) is 0. The third-order valence-corrected chi connectivity index (χ3v) is 5.98. The predicted molar refractivity (Wildman–Crippen MR) is 111 cm³/mol. The first-order valence-corrected chi connectivity index (χ1v) is 10.5. The molecule has 1 saturated heterocycles. The van der Waals surface area contributed by atoms with Gasteiger partial charge in [-0.2, -0.15) is 0 Å². The number of benzene rings is 1. The van der Waals surface area contributed by atoms with E-state index in [0.29, 0.717) is 18.7 Å². The number of carbonyl (C=O) groups is 3. The molecular formula is C22H27N5O3. The van der Waals surface area contributed by atoms with Crippen LogP contribution in [-0.2, 0) is 9.59 Å². The van der Waals surface area contributed by atoms with Crippen molar-refractivity contribution in [3.05, 3.63) is 42.4 Å². The quantitative estimate of drug-likeness (QED) is 0.638. The van der Waals surface area contributed by atoms with Crippen LogP contribution in [0.5, 0.6) is 0 Å². The Labute approximate surface area is 175 Å². The fourth-order valence-corrected chi connectivity index (χ4v) is 4.29. The second-order valence-corrected chi connectivity index (χ2v) is 8.12. The van der Waals surface area contributed by atoms with Crippen LogP contribution in [0.3, 0.4) is 0 Å². The number of nitrogens with zero attached hydrogens (tertiary/aromatic N) is 2. The van der Waals surface area contributed by atoms with Gasteiger partial charge in [-0.25, -0.2) is 9.78 Å². The van der Waals surface area contributed by atoms with Crippen molar-refractivity contribution in [2.45, 2.75) is 57.0 Å². The maximum Gasteiger partial charge on any atom is 0.325 e. The normalized spacial score (nSPS) is 19.0. The van der Waals surface area contributed by atoms with Crippen LogP contribution in [0, 0.1) is 0 Å². The van der Waals surface area contributed by atoms with Crippen molar-refractivity contribution in [2.75, 3.05) is 6.54 Å². The van der Waals surface area contributed by atoms with Gasteiger partial charge in [-0.1, -0.05) is 49.6 Å². The van der Waals surface area contributed by atoms with E-state index in [1.165, 1.54) is 4.90 Å². The van der Waals surface area contributed by atoms with E-state index in [1.807, 2.05) is 37.3 Å². The van der Waals surface area contributed by atoms with Crippen LogP contribution in [0.4, 0.5) is 4.79 Å². The molecule has 30 heavy (non-hydrogen) atoms. The largest absolute Gasteiger partial charge is 0.346 e. The van der Waals surface area contributed by atoms with E-state index in [1.54, 1.807) is 6.20 Å². The molecule has 1 atom stereocenters. The number of carbonyl (C=O) groups excluding carboxylic acids is 3. The highest BCUT2D eigenvalue weighted by molar-refractivity contribution is 6.07. The third-order valence-electron chi connectivity index (χ3n) is 5.98. The smallest absolute Gasteiger partial charge is 0.325 e. The average Bonchev–Trinajstić information content (AvgIpc) is 3.32. The van der Waals surface area contributed by atoms with Crippen molar-refractivity contribution in [3.63, 3.8) is 0 Å². The molecule has 3 N–H and O–H groups in total. The van der Waals surface area contributed by atoms with E-state index in [-0.39, 0.29) is 36.9 Å². The number of hydrogen-bond acceptors (Lipinski definition) is 4. The molecule has 1 aromatic heterocycles. The molecule has 8 nitrogen and oxygen atoms in total. The number of aromatic nitrogens is 2. The van der Waals surface area contributed by atoms with E-state index in [2.05, 4.69) is 20.6 Å². The minimum absolute atomic E-state index is 0.0613. The molecule has 4 rings (SSSR count). The van der Waals surface area contributed by atoms with Gasteiger partial charge in [-0.3, -0.25) is 14.5 Å². The number of urea groups is 1. The average molecular weight is 409 g/mol. The zero-order valence-electron chi connectivity index (χ0n) is 17.1. The molecule has 2 aromatic rings.